The van der Waals surface area contributed by atoms with Crippen LogP contribution < -0.4 is 0 Å². The van der Waals surface area contributed by atoms with Crippen LogP contribution in [0.25, 0.3) is 19.5 Å². The van der Waals surface area contributed by atoms with Gasteiger partial charge in [-0.3, -0.25) is 0 Å². The maximum atomic E-state index is 3.71. The first-order chi connectivity index (χ1) is 19.1. The second-order valence-electron chi connectivity index (χ2n) is 11.4. The van der Waals surface area contributed by atoms with Crippen LogP contribution in [0.4, 0.5) is 0 Å². The molecule has 0 radical (unpaired) electrons. The van der Waals surface area contributed by atoms with Crippen molar-refractivity contribution in [2.24, 2.45) is 0 Å². The average molecular weight is 660 g/mol. The molecule has 0 N–H and O–H groups in total. The van der Waals surface area contributed by atoms with Crippen LogP contribution in [-0.4, -0.2) is 0 Å². The molecule has 39 heavy (non-hydrogen) atoms. The molecule has 0 unspecified atom stereocenters. The van der Waals surface area contributed by atoms with Gasteiger partial charge < -0.3 is 0 Å². The summed E-state index contributed by atoms with van der Waals surface area (Å²) in [5.41, 5.74) is 7.16. The van der Waals surface area contributed by atoms with Crippen LogP contribution >= 0.6 is 61.3 Å². The van der Waals surface area contributed by atoms with Crippen LogP contribution in [-0.2, 0) is 10.8 Å². The Hall–Kier alpha value is -0.720. The molecule has 0 amide bonds. The highest BCUT2D eigenvalue weighted by Gasteiger charge is 2.45. The Morgan fingerprint density at radius 3 is 1.28 bits per heavy atom. The zero-order valence-corrected chi connectivity index (χ0v) is 28.9. The molecule has 0 spiro atoms. The van der Waals surface area contributed by atoms with Gasteiger partial charge in [0, 0.05) is 30.3 Å². The van der Waals surface area contributed by atoms with Crippen molar-refractivity contribution in [1.29, 1.82) is 0 Å². The summed E-state index contributed by atoms with van der Waals surface area (Å²) in [7, 11) is 0. The van der Waals surface area contributed by atoms with Gasteiger partial charge >= 0.3 is 0 Å². The van der Waals surface area contributed by atoms with E-state index in [0.717, 1.165) is 0 Å². The Balaban J connectivity index is 0.000000158. The van der Waals surface area contributed by atoms with Crippen molar-refractivity contribution in [2.45, 2.75) is 116 Å². The third kappa shape index (κ3) is 5.33. The molecule has 4 aromatic rings. The van der Waals surface area contributed by atoms with Crippen molar-refractivity contribution < 1.29 is 0 Å². The quantitative estimate of drug-likeness (QED) is 0.142. The van der Waals surface area contributed by atoms with E-state index in [2.05, 4.69) is 84.0 Å². The molecule has 0 atom stereocenters. The summed E-state index contributed by atoms with van der Waals surface area (Å²) >= 11 is 11.4. The lowest BCUT2D eigenvalue weighted by Gasteiger charge is -2.31. The summed E-state index contributed by atoms with van der Waals surface area (Å²) in [4.78, 5) is 6.21. The van der Waals surface area contributed by atoms with E-state index in [1.165, 1.54) is 85.7 Å². The number of unbranched alkanes of at least 4 members (excludes halogenated alkanes) is 4. The molecule has 0 nitrogen and oxygen atoms in total. The zero-order valence-electron chi connectivity index (χ0n) is 24.0. The minimum atomic E-state index is 0.305. The van der Waals surface area contributed by atoms with E-state index in [4.69, 9.17) is 0 Å². The molecule has 0 bridgehead atoms. The highest BCUT2D eigenvalue weighted by Crippen LogP contribution is 2.60. The maximum Gasteiger partial charge on any atom is 0.0708 e. The Labute approximate surface area is 261 Å². The Kier molecular flexibility index (Phi) is 9.97. The van der Waals surface area contributed by atoms with E-state index < -0.39 is 0 Å². The van der Waals surface area contributed by atoms with Gasteiger partial charge in [-0.05, 0) is 104 Å². The monoisotopic (exact) mass is 658 g/mol. The van der Waals surface area contributed by atoms with E-state index in [1.807, 2.05) is 45.3 Å². The molecule has 0 aliphatic heterocycles. The van der Waals surface area contributed by atoms with Gasteiger partial charge in [0.05, 0.1) is 3.79 Å². The van der Waals surface area contributed by atoms with Crippen molar-refractivity contribution in [3.05, 3.63) is 66.4 Å². The van der Waals surface area contributed by atoms with Gasteiger partial charge in [-0.2, -0.15) is 0 Å². The third-order valence-electron chi connectivity index (χ3n) is 9.00. The molecule has 2 aliphatic carbocycles. The fraction of sp³-hybridized carbons (Fsp3) is 0.529. The van der Waals surface area contributed by atoms with E-state index >= 15 is 0 Å². The van der Waals surface area contributed by atoms with Gasteiger partial charge in [-0.25, -0.2) is 0 Å². The molecule has 0 saturated heterocycles. The Morgan fingerprint density at radius 2 is 0.897 bits per heavy atom. The number of rotatable bonds is 12. The highest BCUT2D eigenvalue weighted by atomic mass is 79.9. The van der Waals surface area contributed by atoms with Gasteiger partial charge in [0.15, 0.2) is 0 Å². The van der Waals surface area contributed by atoms with Crippen molar-refractivity contribution in [3.8, 4) is 19.5 Å². The van der Waals surface area contributed by atoms with Crippen molar-refractivity contribution in [2.75, 3.05) is 0 Å². The Bertz CT molecular complexity index is 1290. The molecular formula is C34H43BrS4. The smallest absolute Gasteiger partial charge is 0.0708 e. The molecule has 4 heterocycles. The van der Waals surface area contributed by atoms with Crippen LogP contribution in [0.15, 0.2) is 44.2 Å². The predicted molar refractivity (Wildman–Crippen MR) is 183 cm³/mol. The minimum absolute atomic E-state index is 0.305. The number of halogens is 1. The molecule has 0 fully saturated rings. The average Bonchev–Trinajstić information content (AvgIpc) is 3.76. The van der Waals surface area contributed by atoms with Crippen molar-refractivity contribution in [3.63, 3.8) is 0 Å². The molecule has 5 heteroatoms. The molecule has 2 aliphatic rings. The van der Waals surface area contributed by atoms with E-state index in [9.17, 15) is 0 Å². The molecular weight excluding hydrogens is 617 g/mol. The standard InChI is InChI=1S/C17H21BrS2.C17H22S2/c1-3-5-8-17(9-6-4-2)12-7-10-19-15(12)16-13(17)11-14(18)20-16;1-3-5-9-17(10-6-4-2)13-7-11-18-15(13)16-14(17)8-12-19-16/h7,10-11H,3-6,8-9H2,1-2H3;7-8,11-12H,3-6,9-10H2,1-2H3. The first-order valence-corrected chi connectivity index (χ1v) is 19.4. The summed E-state index contributed by atoms with van der Waals surface area (Å²) in [6, 6.07) is 9.60. The lowest BCUT2D eigenvalue weighted by molar-refractivity contribution is 0.415. The predicted octanol–water partition coefficient (Wildman–Crippen LogP) is 13.7. The molecule has 210 valence electrons. The molecule has 0 aromatic carbocycles. The van der Waals surface area contributed by atoms with Crippen LogP contribution in [0.1, 0.15) is 127 Å². The summed E-state index contributed by atoms with van der Waals surface area (Å²) in [6.45, 7) is 9.24. The maximum absolute atomic E-state index is 3.71. The zero-order chi connectivity index (χ0) is 27.5. The van der Waals surface area contributed by atoms with Gasteiger partial charge in [-0.1, -0.05) is 79.1 Å². The van der Waals surface area contributed by atoms with Crippen LogP contribution in [0.3, 0.4) is 0 Å². The lowest BCUT2D eigenvalue weighted by Crippen LogP contribution is -2.24. The van der Waals surface area contributed by atoms with E-state index in [-0.39, 0.29) is 0 Å². The molecule has 0 saturated carbocycles. The first kappa shape index (κ1) is 29.8. The SMILES string of the molecule is CCCCC1(CCCC)c2ccsc2-c2sc(Br)cc21.CCCCC1(CCCC)c2ccsc2-c2sccc21. The van der Waals surface area contributed by atoms with Gasteiger partial charge in [-0.15, -0.1) is 45.3 Å². The number of thiophene rings is 4. The van der Waals surface area contributed by atoms with Crippen molar-refractivity contribution >= 4 is 61.3 Å². The fourth-order valence-electron chi connectivity index (χ4n) is 7.00. The second kappa shape index (κ2) is 13.1. The minimum Gasteiger partial charge on any atom is -0.143 e. The topological polar surface area (TPSA) is 0 Å². The second-order valence-corrected chi connectivity index (χ2v) is 16.5. The van der Waals surface area contributed by atoms with Crippen LogP contribution in [0.2, 0.25) is 0 Å². The van der Waals surface area contributed by atoms with E-state index in [1.54, 1.807) is 36.9 Å². The summed E-state index contributed by atoms with van der Waals surface area (Å²) in [5, 5.41) is 6.87. The van der Waals surface area contributed by atoms with Gasteiger partial charge in [0.25, 0.3) is 0 Å². The molecule has 4 aromatic heterocycles. The summed E-state index contributed by atoms with van der Waals surface area (Å²) < 4.78 is 1.29. The normalized spacial score (nSPS) is 15.4. The third-order valence-corrected chi connectivity index (χ3v) is 13.7. The fourth-order valence-corrected chi connectivity index (χ4v) is 12.1. The molecule has 6 rings (SSSR count). The Morgan fingerprint density at radius 1 is 0.538 bits per heavy atom. The van der Waals surface area contributed by atoms with Crippen molar-refractivity contribution in [1.82, 2.24) is 0 Å². The van der Waals surface area contributed by atoms with Crippen LogP contribution in [0, 0.1) is 0 Å². The van der Waals surface area contributed by atoms with Gasteiger partial charge in [0.1, 0.15) is 0 Å². The number of hydrogen-bond donors (Lipinski definition) is 0. The number of hydrogen-bond acceptors (Lipinski definition) is 4. The summed E-state index contributed by atoms with van der Waals surface area (Å²) in [6.07, 6.45) is 15.8. The first-order valence-electron chi connectivity index (χ1n) is 15.1. The number of fused-ring (bicyclic) bond motifs is 6. The largest absolute Gasteiger partial charge is 0.143 e. The lowest BCUT2D eigenvalue weighted by atomic mass is 9.72. The summed E-state index contributed by atoms with van der Waals surface area (Å²) in [5.74, 6) is 0. The van der Waals surface area contributed by atoms with E-state index in [0.29, 0.717) is 10.8 Å². The highest BCUT2D eigenvalue weighted by molar-refractivity contribution is 9.11. The van der Waals surface area contributed by atoms with Gasteiger partial charge in [0.2, 0.25) is 0 Å². The van der Waals surface area contributed by atoms with Crippen LogP contribution in [0.5, 0.6) is 0 Å².